The summed E-state index contributed by atoms with van der Waals surface area (Å²) in [4.78, 5) is 13.3. The summed E-state index contributed by atoms with van der Waals surface area (Å²) in [6.07, 6.45) is 4.96. The first-order chi connectivity index (χ1) is 14.7. The molecule has 4 rings (SSSR count). The molecule has 0 fully saturated rings. The van der Waals surface area contributed by atoms with E-state index in [2.05, 4.69) is 43.3 Å². The first kappa shape index (κ1) is 20.2. The predicted octanol–water partition coefficient (Wildman–Crippen LogP) is 7.82. The third-order valence-corrected chi connectivity index (χ3v) is 5.85. The lowest BCUT2D eigenvalue weighted by atomic mass is 9.87. The second-order valence-corrected chi connectivity index (χ2v) is 7.81. The number of benzene rings is 4. The van der Waals surface area contributed by atoms with Crippen LogP contribution in [0.2, 0.25) is 0 Å². The number of carbonyl (C=O) groups excluding carboxylic acids is 1. The second kappa shape index (κ2) is 9.13. The molecule has 0 unspecified atom stereocenters. The molecule has 0 atom stereocenters. The summed E-state index contributed by atoms with van der Waals surface area (Å²) in [5, 5.41) is 4.47. The van der Waals surface area contributed by atoms with E-state index in [1.807, 2.05) is 36.4 Å². The molecule has 0 spiro atoms. The van der Waals surface area contributed by atoms with Crippen molar-refractivity contribution in [2.75, 3.05) is 7.11 Å². The van der Waals surface area contributed by atoms with Crippen molar-refractivity contribution in [3.05, 3.63) is 78.4 Å². The van der Waals surface area contributed by atoms with E-state index in [-0.39, 0.29) is 5.78 Å². The van der Waals surface area contributed by atoms with Crippen LogP contribution >= 0.6 is 0 Å². The zero-order chi connectivity index (χ0) is 20.9. The van der Waals surface area contributed by atoms with Crippen molar-refractivity contribution in [3.8, 4) is 16.9 Å². The van der Waals surface area contributed by atoms with Gasteiger partial charge in [-0.25, -0.2) is 0 Å². The highest BCUT2D eigenvalue weighted by Gasteiger charge is 2.20. The highest BCUT2D eigenvalue weighted by Crippen LogP contribution is 2.42. The summed E-state index contributed by atoms with van der Waals surface area (Å²) in [7, 11) is 1.70. The molecule has 0 amide bonds. The average Bonchev–Trinajstić information content (AvgIpc) is 2.80. The van der Waals surface area contributed by atoms with Gasteiger partial charge in [0.2, 0.25) is 0 Å². The Morgan fingerprint density at radius 3 is 2.03 bits per heavy atom. The summed E-state index contributed by atoms with van der Waals surface area (Å²) in [5.74, 6) is 1.01. The third kappa shape index (κ3) is 3.82. The number of Topliss-reactive ketones (excluding diaryl/α,β-unsaturated/α-hetero) is 1. The van der Waals surface area contributed by atoms with Gasteiger partial charge in [-0.3, -0.25) is 4.79 Å². The maximum Gasteiger partial charge on any atom is 0.163 e. The van der Waals surface area contributed by atoms with E-state index in [0.29, 0.717) is 6.42 Å². The van der Waals surface area contributed by atoms with Gasteiger partial charge < -0.3 is 4.74 Å². The Labute approximate surface area is 178 Å². The number of ketones is 1. The fraction of sp³-hybridized carbons (Fsp3) is 0.250. The predicted molar refractivity (Wildman–Crippen MR) is 127 cm³/mol. The van der Waals surface area contributed by atoms with Crippen LogP contribution in [0.15, 0.2) is 72.8 Å². The quantitative estimate of drug-likeness (QED) is 0.224. The molecule has 0 aromatic heterocycles. The van der Waals surface area contributed by atoms with Crippen molar-refractivity contribution in [1.82, 2.24) is 0 Å². The molecule has 0 saturated heterocycles. The number of rotatable bonds is 8. The van der Waals surface area contributed by atoms with Crippen LogP contribution in [0.25, 0.3) is 32.7 Å². The first-order valence-corrected chi connectivity index (χ1v) is 10.9. The van der Waals surface area contributed by atoms with E-state index in [1.165, 1.54) is 12.8 Å². The number of hydrogen-bond donors (Lipinski definition) is 0. The molecule has 0 radical (unpaired) electrons. The Morgan fingerprint density at radius 1 is 0.733 bits per heavy atom. The molecule has 0 aliphatic rings. The van der Waals surface area contributed by atoms with Crippen molar-refractivity contribution >= 4 is 27.3 Å². The van der Waals surface area contributed by atoms with Gasteiger partial charge in [0.25, 0.3) is 0 Å². The topological polar surface area (TPSA) is 26.3 Å². The molecule has 152 valence electrons. The molecule has 2 nitrogen and oxygen atoms in total. The molecule has 30 heavy (non-hydrogen) atoms. The van der Waals surface area contributed by atoms with Crippen molar-refractivity contribution in [2.24, 2.45) is 0 Å². The van der Waals surface area contributed by atoms with Gasteiger partial charge in [0.05, 0.1) is 7.11 Å². The fourth-order valence-corrected chi connectivity index (χ4v) is 4.30. The van der Waals surface area contributed by atoms with Crippen LogP contribution in [0.5, 0.6) is 5.75 Å². The molecule has 0 aliphatic carbocycles. The van der Waals surface area contributed by atoms with Crippen molar-refractivity contribution in [3.63, 3.8) is 0 Å². The third-order valence-electron chi connectivity index (χ3n) is 5.85. The largest absolute Gasteiger partial charge is 0.496 e. The summed E-state index contributed by atoms with van der Waals surface area (Å²) in [6, 6.07) is 24.8. The second-order valence-electron chi connectivity index (χ2n) is 7.81. The highest BCUT2D eigenvalue weighted by molar-refractivity contribution is 6.15. The minimum absolute atomic E-state index is 0.210. The molecule has 0 bridgehead atoms. The average molecular weight is 397 g/mol. The van der Waals surface area contributed by atoms with Crippen LogP contribution in [0, 0.1) is 0 Å². The van der Waals surface area contributed by atoms with Gasteiger partial charge in [-0.1, -0.05) is 92.9 Å². The summed E-state index contributed by atoms with van der Waals surface area (Å²) in [6.45, 7) is 2.19. The summed E-state index contributed by atoms with van der Waals surface area (Å²) in [5.41, 5.74) is 2.78. The molecule has 0 N–H and O–H groups in total. The Hall–Kier alpha value is -3.13. The SMILES string of the molecule is CCCCCCC(=O)c1ccc2ccccc2c1-c1c(OC)ccc2ccccc12. The van der Waals surface area contributed by atoms with E-state index in [0.717, 1.165) is 56.8 Å². The van der Waals surface area contributed by atoms with Gasteiger partial charge in [-0.05, 0) is 34.0 Å². The maximum atomic E-state index is 13.3. The van der Waals surface area contributed by atoms with E-state index in [1.54, 1.807) is 7.11 Å². The molecule has 0 aliphatic heterocycles. The van der Waals surface area contributed by atoms with Crippen LogP contribution in [-0.2, 0) is 0 Å². The van der Waals surface area contributed by atoms with Crippen LogP contribution in [-0.4, -0.2) is 12.9 Å². The van der Waals surface area contributed by atoms with Crippen LogP contribution in [0.4, 0.5) is 0 Å². The van der Waals surface area contributed by atoms with Crippen molar-refractivity contribution < 1.29 is 9.53 Å². The normalized spacial score (nSPS) is 11.1. The van der Waals surface area contributed by atoms with Gasteiger partial charge in [0.15, 0.2) is 5.78 Å². The number of fused-ring (bicyclic) bond motifs is 2. The van der Waals surface area contributed by atoms with Gasteiger partial charge in [0, 0.05) is 23.1 Å². The Morgan fingerprint density at radius 2 is 1.37 bits per heavy atom. The number of methoxy groups -OCH3 is 1. The molecular weight excluding hydrogens is 368 g/mol. The van der Waals surface area contributed by atoms with E-state index >= 15 is 0 Å². The lowest BCUT2D eigenvalue weighted by Gasteiger charge is -2.18. The Balaban J connectivity index is 1.96. The zero-order valence-corrected chi connectivity index (χ0v) is 17.8. The van der Waals surface area contributed by atoms with Crippen LogP contribution < -0.4 is 4.74 Å². The zero-order valence-electron chi connectivity index (χ0n) is 17.8. The molecule has 0 saturated carbocycles. The van der Waals surface area contributed by atoms with Gasteiger partial charge in [-0.2, -0.15) is 0 Å². The van der Waals surface area contributed by atoms with Crippen molar-refractivity contribution in [1.29, 1.82) is 0 Å². The summed E-state index contributed by atoms with van der Waals surface area (Å²) < 4.78 is 5.79. The lowest BCUT2D eigenvalue weighted by molar-refractivity contribution is 0.0980. The van der Waals surface area contributed by atoms with Crippen LogP contribution in [0.1, 0.15) is 49.4 Å². The molecule has 2 heteroatoms. The molecular formula is C28H28O2. The Bertz CT molecular complexity index is 1190. The number of carbonyl (C=O) groups is 1. The maximum absolute atomic E-state index is 13.3. The molecule has 0 heterocycles. The molecule has 4 aromatic carbocycles. The smallest absolute Gasteiger partial charge is 0.163 e. The summed E-state index contributed by atoms with van der Waals surface area (Å²) >= 11 is 0. The van der Waals surface area contributed by atoms with Gasteiger partial charge in [-0.15, -0.1) is 0 Å². The standard InChI is InChI=1S/C28H28O2/c1-3-4-5-6-15-25(29)24-18-16-20-11-7-9-13-22(20)27(24)28-23-14-10-8-12-21(23)17-19-26(28)30-2/h7-14,16-19H,3-6,15H2,1-2H3. The number of unbranched alkanes of at least 4 members (excludes halogenated alkanes) is 3. The lowest BCUT2D eigenvalue weighted by Crippen LogP contribution is -2.03. The number of ether oxygens (including phenoxy) is 1. The highest BCUT2D eigenvalue weighted by atomic mass is 16.5. The van der Waals surface area contributed by atoms with Gasteiger partial charge in [0.1, 0.15) is 5.75 Å². The van der Waals surface area contributed by atoms with E-state index in [4.69, 9.17) is 4.74 Å². The van der Waals surface area contributed by atoms with Crippen LogP contribution in [0.3, 0.4) is 0 Å². The van der Waals surface area contributed by atoms with Gasteiger partial charge >= 0.3 is 0 Å². The monoisotopic (exact) mass is 396 g/mol. The molecule has 4 aromatic rings. The van der Waals surface area contributed by atoms with Crippen molar-refractivity contribution in [2.45, 2.75) is 39.0 Å². The minimum Gasteiger partial charge on any atom is -0.496 e. The number of hydrogen-bond acceptors (Lipinski definition) is 2. The minimum atomic E-state index is 0.210. The Kier molecular flexibility index (Phi) is 6.13. The van der Waals surface area contributed by atoms with E-state index < -0.39 is 0 Å². The van der Waals surface area contributed by atoms with E-state index in [9.17, 15) is 4.79 Å². The first-order valence-electron chi connectivity index (χ1n) is 10.9. The fourth-order valence-electron chi connectivity index (χ4n) is 4.30.